The minimum Gasteiger partial charge on any atom is -0.438 e. The third kappa shape index (κ3) is 4.19. The molecule has 1 atom stereocenters. The number of para-hydroxylation sites is 1. The van der Waals surface area contributed by atoms with Crippen LogP contribution in [-0.4, -0.2) is 48.5 Å². The standard InChI is InChI=1S/C21H23ClN4O3/c1-21(29-20(28)25(2)3,11-14-6-5-7-17-19(14)24-12-23-17)16-10-15(22)8-9-18(16)26(4)13-27/h5-10,12-13H,11H2,1-4H3,(H,23,24). The number of halogens is 1. The summed E-state index contributed by atoms with van der Waals surface area (Å²) in [5, 5.41) is 0.480. The summed E-state index contributed by atoms with van der Waals surface area (Å²) in [5.74, 6) is 0. The van der Waals surface area contributed by atoms with Crippen molar-refractivity contribution in [2.75, 3.05) is 26.0 Å². The first-order valence-corrected chi connectivity index (χ1v) is 9.42. The van der Waals surface area contributed by atoms with Gasteiger partial charge in [-0.15, -0.1) is 0 Å². The first-order chi connectivity index (χ1) is 13.7. The highest BCUT2D eigenvalue weighted by Crippen LogP contribution is 2.39. The molecule has 0 radical (unpaired) electrons. The molecule has 0 spiro atoms. The number of aromatic amines is 1. The largest absolute Gasteiger partial charge is 0.438 e. The number of benzene rings is 2. The molecule has 0 aliphatic heterocycles. The zero-order valence-corrected chi connectivity index (χ0v) is 17.5. The maximum atomic E-state index is 12.5. The number of hydrogen-bond donors (Lipinski definition) is 1. The van der Waals surface area contributed by atoms with Crippen LogP contribution in [0.1, 0.15) is 18.1 Å². The van der Waals surface area contributed by atoms with E-state index in [9.17, 15) is 9.59 Å². The van der Waals surface area contributed by atoms with Crippen LogP contribution in [0.4, 0.5) is 10.5 Å². The van der Waals surface area contributed by atoms with Crippen molar-refractivity contribution in [3.63, 3.8) is 0 Å². The Balaban J connectivity index is 2.17. The molecule has 3 aromatic rings. The number of amides is 2. The second kappa shape index (κ2) is 8.13. The first kappa shape index (κ1) is 20.7. The van der Waals surface area contributed by atoms with Crippen LogP contribution in [0, 0.1) is 0 Å². The zero-order valence-electron chi connectivity index (χ0n) is 16.8. The number of fused-ring (bicyclic) bond motifs is 1. The highest BCUT2D eigenvalue weighted by Gasteiger charge is 2.36. The van der Waals surface area contributed by atoms with E-state index in [0.29, 0.717) is 29.1 Å². The number of nitrogens with one attached hydrogen (secondary N) is 1. The van der Waals surface area contributed by atoms with E-state index in [0.717, 1.165) is 16.6 Å². The van der Waals surface area contributed by atoms with Crippen molar-refractivity contribution in [3.05, 3.63) is 58.9 Å². The van der Waals surface area contributed by atoms with E-state index in [1.54, 1.807) is 45.7 Å². The number of ether oxygens (including phenoxy) is 1. The molecule has 2 amide bonds. The summed E-state index contributed by atoms with van der Waals surface area (Å²) >= 11 is 6.28. The number of anilines is 1. The number of carbonyl (C=O) groups is 2. The lowest BCUT2D eigenvalue weighted by atomic mass is 9.86. The molecule has 2 aromatic carbocycles. The van der Waals surface area contributed by atoms with Gasteiger partial charge in [-0.3, -0.25) is 4.79 Å². The number of H-pyrrole nitrogens is 1. The maximum absolute atomic E-state index is 12.5. The summed E-state index contributed by atoms with van der Waals surface area (Å²) in [6.45, 7) is 1.81. The minimum atomic E-state index is -1.11. The van der Waals surface area contributed by atoms with Gasteiger partial charge in [0, 0.05) is 38.1 Å². The van der Waals surface area contributed by atoms with Crippen LogP contribution in [0.3, 0.4) is 0 Å². The molecule has 1 aromatic heterocycles. The van der Waals surface area contributed by atoms with Crippen LogP contribution in [0.15, 0.2) is 42.7 Å². The molecule has 3 rings (SSSR count). The molecule has 8 heteroatoms. The minimum absolute atomic E-state index is 0.342. The Bertz CT molecular complexity index is 1050. The van der Waals surface area contributed by atoms with Gasteiger partial charge in [0.25, 0.3) is 0 Å². The Morgan fingerprint density at radius 2 is 2.03 bits per heavy atom. The summed E-state index contributed by atoms with van der Waals surface area (Å²) in [4.78, 5) is 34.3. The van der Waals surface area contributed by atoms with Crippen molar-refractivity contribution in [1.29, 1.82) is 0 Å². The average molecular weight is 415 g/mol. The molecule has 0 saturated heterocycles. The van der Waals surface area contributed by atoms with Gasteiger partial charge in [0.2, 0.25) is 6.41 Å². The van der Waals surface area contributed by atoms with Crippen LogP contribution in [0.25, 0.3) is 11.0 Å². The van der Waals surface area contributed by atoms with Crippen LogP contribution < -0.4 is 4.90 Å². The normalized spacial score (nSPS) is 13.0. The Morgan fingerprint density at radius 1 is 1.28 bits per heavy atom. The molecule has 7 nitrogen and oxygen atoms in total. The van der Waals surface area contributed by atoms with Gasteiger partial charge in [-0.25, -0.2) is 9.78 Å². The second-order valence-electron chi connectivity index (χ2n) is 7.26. The molecular weight excluding hydrogens is 392 g/mol. The lowest BCUT2D eigenvalue weighted by Gasteiger charge is -2.34. The van der Waals surface area contributed by atoms with E-state index >= 15 is 0 Å². The van der Waals surface area contributed by atoms with Crippen LogP contribution >= 0.6 is 11.6 Å². The molecule has 1 N–H and O–H groups in total. The first-order valence-electron chi connectivity index (χ1n) is 9.04. The van der Waals surface area contributed by atoms with Crippen LogP contribution in [0.5, 0.6) is 0 Å². The number of aromatic nitrogens is 2. The van der Waals surface area contributed by atoms with Gasteiger partial charge in [0.05, 0.1) is 23.0 Å². The number of imidazole rings is 1. The summed E-state index contributed by atoms with van der Waals surface area (Å²) in [6, 6.07) is 11.0. The quantitative estimate of drug-likeness (QED) is 0.619. The number of nitrogens with zero attached hydrogens (tertiary/aromatic N) is 3. The number of carbonyl (C=O) groups excluding carboxylic acids is 2. The topological polar surface area (TPSA) is 78.5 Å². The number of hydrogen-bond acceptors (Lipinski definition) is 4. The lowest BCUT2D eigenvalue weighted by molar-refractivity contribution is -0.107. The molecular formula is C21H23ClN4O3. The molecule has 0 aliphatic carbocycles. The third-order valence-electron chi connectivity index (χ3n) is 4.81. The highest BCUT2D eigenvalue weighted by atomic mass is 35.5. The summed E-state index contributed by atoms with van der Waals surface area (Å²) in [6.07, 6.45) is 2.17. The second-order valence-corrected chi connectivity index (χ2v) is 7.70. The van der Waals surface area contributed by atoms with Gasteiger partial charge < -0.3 is 19.5 Å². The van der Waals surface area contributed by atoms with Gasteiger partial charge in [-0.2, -0.15) is 0 Å². The Kier molecular flexibility index (Phi) is 5.79. The molecule has 1 unspecified atom stereocenters. The van der Waals surface area contributed by atoms with E-state index in [2.05, 4.69) is 9.97 Å². The molecule has 0 fully saturated rings. The van der Waals surface area contributed by atoms with Gasteiger partial charge in [0.15, 0.2) is 0 Å². The monoisotopic (exact) mass is 414 g/mol. The van der Waals surface area contributed by atoms with E-state index in [-0.39, 0.29) is 0 Å². The fourth-order valence-electron chi connectivity index (χ4n) is 3.30. The maximum Gasteiger partial charge on any atom is 0.410 e. The Labute approximate surface area is 174 Å². The van der Waals surface area contributed by atoms with E-state index in [4.69, 9.17) is 16.3 Å². The van der Waals surface area contributed by atoms with Gasteiger partial charge in [-0.05, 0) is 36.8 Å². The van der Waals surface area contributed by atoms with E-state index in [1.165, 1.54) is 9.80 Å². The van der Waals surface area contributed by atoms with E-state index in [1.807, 2.05) is 25.1 Å². The predicted molar refractivity (Wildman–Crippen MR) is 113 cm³/mol. The smallest absolute Gasteiger partial charge is 0.410 e. The van der Waals surface area contributed by atoms with Gasteiger partial charge >= 0.3 is 6.09 Å². The Morgan fingerprint density at radius 3 is 2.72 bits per heavy atom. The van der Waals surface area contributed by atoms with Crippen molar-refractivity contribution in [2.24, 2.45) is 0 Å². The fraction of sp³-hybridized carbons (Fsp3) is 0.286. The van der Waals surface area contributed by atoms with Crippen molar-refractivity contribution < 1.29 is 14.3 Å². The van der Waals surface area contributed by atoms with Gasteiger partial charge in [-0.1, -0.05) is 23.7 Å². The van der Waals surface area contributed by atoms with Gasteiger partial charge in [0.1, 0.15) is 5.60 Å². The summed E-state index contributed by atoms with van der Waals surface area (Å²) in [7, 11) is 4.88. The SMILES string of the molecule is CN(C)C(=O)OC(C)(Cc1cccc2[nH]cnc12)c1cc(Cl)ccc1N(C)C=O. The predicted octanol–water partition coefficient (Wildman–Crippen LogP) is 3.97. The molecule has 0 saturated carbocycles. The Hall–Kier alpha value is -3.06. The van der Waals surface area contributed by atoms with Crippen molar-refractivity contribution >= 4 is 40.8 Å². The summed E-state index contributed by atoms with van der Waals surface area (Å²) < 4.78 is 5.95. The van der Waals surface area contributed by atoms with Crippen molar-refractivity contribution in [3.8, 4) is 0 Å². The molecule has 152 valence electrons. The van der Waals surface area contributed by atoms with E-state index < -0.39 is 11.7 Å². The third-order valence-corrected chi connectivity index (χ3v) is 5.04. The van der Waals surface area contributed by atoms with Crippen LogP contribution in [-0.2, 0) is 21.6 Å². The lowest BCUT2D eigenvalue weighted by Crippen LogP contribution is -2.37. The highest BCUT2D eigenvalue weighted by molar-refractivity contribution is 6.30. The van der Waals surface area contributed by atoms with Crippen molar-refractivity contribution in [2.45, 2.75) is 18.9 Å². The molecule has 29 heavy (non-hydrogen) atoms. The van der Waals surface area contributed by atoms with Crippen molar-refractivity contribution in [1.82, 2.24) is 14.9 Å². The molecule has 1 heterocycles. The van der Waals surface area contributed by atoms with Crippen LogP contribution in [0.2, 0.25) is 5.02 Å². The zero-order chi connectivity index (χ0) is 21.2. The molecule has 0 aliphatic rings. The molecule has 0 bridgehead atoms. The fourth-order valence-corrected chi connectivity index (χ4v) is 3.47. The summed E-state index contributed by atoms with van der Waals surface area (Å²) in [5.41, 5.74) is 2.71. The number of rotatable bonds is 6. The average Bonchev–Trinajstić information content (AvgIpc) is 3.17.